The van der Waals surface area contributed by atoms with E-state index < -0.39 is 28.5 Å². The predicted molar refractivity (Wildman–Crippen MR) is 191 cm³/mol. The third-order valence-electron chi connectivity index (χ3n) is 7.33. The number of nitrogens with one attached hydrogen (secondary N) is 1. The second kappa shape index (κ2) is 17.0. The van der Waals surface area contributed by atoms with Crippen molar-refractivity contribution >= 4 is 66.7 Å². The first-order chi connectivity index (χ1) is 22.5. The van der Waals surface area contributed by atoms with Gasteiger partial charge in [-0.05, 0) is 79.6 Å². The van der Waals surface area contributed by atoms with E-state index in [1.807, 2.05) is 44.2 Å². The zero-order chi connectivity index (χ0) is 34.0. The number of benzene rings is 4. The molecule has 0 fully saturated rings. The lowest BCUT2D eigenvalue weighted by atomic mass is 10.0. The van der Waals surface area contributed by atoms with Gasteiger partial charge >= 0.3 is 0 Å². The van der Waals surface area contributed by atoms with Crippen molar-refractivity contribution in [3.05, 3.63) is 123 Å². The van der Waals surface area contributed by atoms with Crippen LogP contribution >= 0.6 is 39.1 Å². The van der Waals surface area contributed by atoms with Crippen LogP contribution in [0.1, 0.15) is 31.4 Å². The zero-order valence-electron chi connectivity index (χ0n) is 26.0. The van der Waals surface area contributed by atoms with E-state index in [0.717, 1.165) is 9.87 Å². The Morgan fingerprint density at radius 1 is 0.872 bits per heavy atom. The topological polar surface area (TPSA) is 96.0 Å². The minimum atomic E-state index is -4.26. The number of halogens is 3. The normalized spacial score (nSPS) is 11.9. The van der Waals surface area contributed by atoms with Crippen LogP contribution in [0.3, 0.4) is 0 Å². The van der Waals surface area contributed by atoms with Crippen LogP contribution in [0.5, 0.6) is 5.75 Å². The van der Waals surface area contributed by atoms with Crippen molar-refractivity contribution in [2.75, 3.05) is 24.0 Å². The number of sulfonamides is 1. The third kappa shape index (κ3) is 9.50. The quantitative estimate of drug-likeness (QED) is 0.135. The van der Waals surface area contributed by atoms with Crippen LogP contribution in [0.15, 0.2) is 106 Å². The van der Waals surface area contributed by atoms with Gasteiger partial charge in [-0.25, -0.2) is 8.42 Å². The summed E-state index contributed by atoms with van der Waals surface area (Å²) in [6.45, 7) is 3.86. The van der Waals surface area contributed by atoms with E-state index in [4.69, 9.17) is 27.9 Å². The molecule has 0 bridgehead atoms. The van der Waals surface area contributed by atoms with Crippen LogP contribution in [-0.4, -0.2) is 50.9 Å². The van der Waals surface area contributed by atoms with Gasteiger partial charge in [-0.15, -0.1) is 0 Å². The zero-order valence-corrected chi connectivity index (χ0v) is 29.9. The first-order valence-corrected chi connectivity index (χ1v) is 18.1. The van der Waals surface area contributed by atoms with Crippen LogP contribution in [-0.2, 0) is 32.6 Å². The van der Waals surface area contributed by atoms with Crippen molar-refractivity contribution < 1.29 is 22.7 Å². The molecule has 0 aliphatic carbocycles. The fourth-order valence-electron chi connectivity index (χ4n) is 4.91. The monoisotopic (exact) mass is 759 g/mol. The highest BCUT2D eigenvalue weighted by Crippen LogP contribution is 2.30. The lowest BCUT2D eigenvalue weighted by Crippen LogP contribution is -2.53. The standard InChI is InChI=1S/C35H36BrCl2N3O5S/c1-3-21-39-35(43)33(22-25-9-6-5-7-10-25)40(23-30-31(37)11-8-12-32(30)38)34(42)24-41(27-15-17-28(18-16-27)46-4-2)47(44,45)29-19-13-26(36)14-20-29/h5-20,33H,3-4,21-24H2,1-2H3,(H,39,43)/t33-/m1/s1. The van der Waals surface area contributed by atoms with E-state index in [0.29, 0.717) is 45.4 Å². The Bertz CT molecular complexity index is 1740. The molecule has 0 heterocycles. The van der Waals surface area contributed by atoms with E-state index in [9.17, 15) is 18.0 Å². The SMILES string of the molecule is CCCNC(=O)[C@@H](Cc1ccccc1)N(Cc1c(Cl)cccc1Cl)C(=O)CN(c1ccc(OCC)cc1)S(=O)(=O)c1ccc(Br)cc1. The van der Waals surface area contributed by atoms with Gasteiger partial charge < -0.3 is 15.0 Å². The Morgan fingerprint density at radius 2 is 1.51 bits per heavy atom. The molecule has 0 spiro atoms. The van der Waals surface area contributed by atoms with Crippen LogP contribution in [0.25, 0.3) is 0 Å². The highest BCUT2D eigenvalue weighted by Gasteiger charge is 2.35. The summed E-state index contributed by atoms with van der Waals surface area (Å²) in [6.07, 6.45) is 0.859. The third-order valence-corrected chi connectivity index (χ3v) is 10.4. The van der Waals surface area contributed by atoms with Crippen molar-refractivity contribution in [2.45, 2.75) is 44.2 Å². The number of ether oxygens (including phenoxy) is 1. The minimum absolute atomic E-state index is 0.00962. The molecule has 4 aromatic rings. The summed E-state index contributed by atoms with van der Waals surface area (Å²) >= 11 is 16.5. The van der Waals surface area contributed by atoms with E-state index in [-0.39, 0.29) is 29.5 Å². The molecule has 0 saturated carbocycles. The van der Waals surface area contributed by atoms with Gasteiger partial charge in [0.05, 0.1) is 17.2 Å². The van der Waals surface area contributed by atoms with Gasteiger partial charge in [0, 0.05) is 39.6 Å². The Morgan fingerprint density at radius 3 is 2.11 bits per heavy atom. The van der Waals surface area contributed by atoms with Gasteiger partial charge in [-0.3, -0.25) is 13.9 Å². The fourth-order valence-corrected chi connectivity index (χ4v) is 7.11. The molecule has 1 N–H and O–H groups in total. The largest absolute Gasteiger partial charge is 0.494 e. The Labute approximate surface area is 294 Å². The molecular formula is C35H36BrCl2N3O5S. The number of anilines is 1. The van der Waals surface area contributed by atoms with Crippen molar-refractivity contribution in [3.63, 3.8) is 0 Å². The second-order valence-corrected chi connectivity index (χ2v) is 14.2. The van der Waals surface area contributed by atoms with Gasteiger partial charge in [0.2, 0.25) is 11.8 Å². The maximum atomic E-state index is 14.6. The van der Waals surface area contributed by atoms with Gasteiger partial charge in [0.1, 0.15) is 18.3 Å². The first kappa shape index (κ1) is 36.3. The Hall–Kier alpha value is -3.57. The lowest BCUT2D eigenvalue weighted by Gasteiger charge is -2.34. The van der Waals surface area contributed by atoms with Crippen LogP contribution < -0.4 is 14.4 Å². The summed E-state index contributed by atoms with van der Waals surface area (Å²) in [4.78, 5) is 29.7. The summed E-state index contributed by atoms with van der Waals surface area (Å²) in [5.74, 6) is -0.451. The number of amides is 2. The number of carbonyl (C=O) groups is 2. The molecule has 1 atom stereocenters. The molecule has 4 aromatic carbocycles. The summed E-state index contributed by atoms with van der Waals surface area (Å²) in [5.41, 5.74) is 1.50. The molecule has 0 aliphatic rings. The van der Waals surface area contributed by atoms with Crippen molar-refractivity contribution in [1.82, 2.24) is 10.2 Å². The molecule has 248 valence electrons. The summed E-state index contributed by atoms with van der Waals surface area (Å²) in [5, 5.41) is 3.55. The van der Waals surface area contributed by atoms with E-state index in [1.54, 1.807) is 54.6 Å². The first-order valence-electron chi connectivity index (χ1n) is 15.1. The molecule has 12 heteroatoms. The van der Waals surface area contributed by atoms with Crippen LogP contribution in [0.2, 0.25) is 10.0 Å². The average Bonchev–Trinajstić information content (AvgIpc) is 3.06. The molecule has 8 nitrogen and oxygen atoms in total. The number of nitrogens with zero attached hydrogens (tertiary/aromatic N) is 2. The van der Waals surface area contributed by atoms with Gasteiger partial charge in [-0.2, -0.15) is 0 Å². The van der Waals surface area contributed by atoms with Crippen LogP contribution in [0.4, 0.5) is 5.69 Å². The number of hydrogen-bond donors (Lipinski definition) is 1. The maximum absolute atomic E-state index is 14.6. The van der Waals surface area contributed by atoms with E-state index in [1.165, 1.54) is 17.0 Å². The molecule has 47 heavy (non-hydrogen) atoms. The summed E-state index contributed by atoms with van der Waals surface area (Å²) in [6, 6.07) is 25.9. The smallest absolute Gasteiger partial charge is 0.264 e. The minimum Gasteiger partial charge on any atom is -0.494 e. The average molecular weight is 762 g/mol. The summed E-state index contributed by atoms with van der Waals surface area (Å²) in [7, 11) is -4.26. The molecule has 0 aromatic heterocycles. The lowest BCUT2D eigenvalue weighted by molar-refractivity contribution is -0.140. The summed E-state index contributed by atoms with van der Waals surface area (Å²) < 4.78 is 35.7. The fraction of sp³-hybridized carbons (Fsp3) is 0.257. The Balaban J connectivity index is 1.83. The van der Waals surface area contributed by atoms with Crippen molar-refractivity contribution in [2.24, 2.45) is 0 Å². The predicted octanol–water partition coefficient (Wildman–Crippen LogP) is 7.52. The number of carbonyl (C=O) groups excluding carboxylic acids is 2. The van der Waals surface area contributed by atoms with E-state index in [2.05, 4.69) is 21.2 Å². The molecular weight excluding hydrogens is 725 g/mol. The van der Waals surface area contributed by atoms with Gasteiger partial charge in [0.15, 0.2) is 0 Å². The Kier molecular flexibility index (Phi) is 13.1. The van der Waals surface area contributed by atoms with Crippen LogP contribution in [0, 0.1) is 0 Å². The number of rotatable bonds is 15. The molecule has 0 saturated heterocycles. The molecule has 0 unspecified atom stereocenters. The van der Waals surface area contributed by atoms with E-state index >= 15 is 0 Å². The molecule has 2 amide bonds. The van der Waals surface area contributed by atoms with Crippen molar-refractivity contribution in [1.29, 1.82) is 0 Å². The molecule has 0 radical (unpaired) electrons. The van der Waals surface area contributed by atoms with Gasteiger partial charge in [-0.1, -0.05) is 82.5 Å². The maximum Gasteiger partial charge on any atom is 0.264 e. The molecule has 4 rings (SSSR count). The highest BCUT2D eigenvalue weighted by molar-refractivity contribution is 9.10. The van der Waals surface area contributed by atoms with Gasteiger partial charge in [0.25, 0.3) is 10.0 Å². The van der Waals surface area contributed by atoms with Crippen molar-refractivity contribution in [3.8, 4) is 5.75 Å². The second-order valence-electron chi connectivity index (χ2n) is 10.6. The highest BCUT2D eigenvalue weighted by atomic mass is 79.9. The molecule has 0 aliphatic heterocycles. The number of hydrogen-bond acceptors (Lipinski definition) is 5.